The lowest BCUT2D eigenvalue weighted by molar-refractivity contribution is -0.142. The van der Waals surface area contributed by atoms with Gasteiger partial charge in [0, 0.05) is 25.1 Å². The lowest BCUT2D eigenvalue weighted by Gasteiger charge is -2.35. The van der Waals surface area contributed by atoms with E-state index in [9.17, 15) is 19.5 Å². The zero-order valence-corrected chi connectivity index (χ0v) is 25.7. The van der Waals surface area contributed by atoms with Crippen LogP contribution in [-0.2, 0) is 20.7 Å². The minimum Gasteiger partial charge on any atom is -0.507 e. The number of aryl methyl sites for hydroxylation is 1. The molecule has 0 saturated carbocycles. The number of ether oxygens (including phenoxy) is 1. The topological polar surface area (TPSA) is 108 Å². The van der Waals surface area contributed by atoms with E-state index in [-0.39, 0.29) is 18.1 Å². The van der Waals surface area contributed by atoms with Crippen LogP contribution in [0, 0.1) is 6.92 Å². The summed E-state index contributed by atoms with van der Waals surface area (Å²) in [6.45, 7) is 11.9. The maximum absolute atomic E-state index is 14.5. The minimum atomic E-state index is -1.07. The summed E-state index contributed by atoms with van der Waals surface area (Å²) < 4.78 is 5.50. The molecule has 0 bridgehead atoms. The summed E-state index contributed by atoms with van der Waals surface area (Å²) in [7, 11) is 0. The van der Waals surface area contributed by atoms with Crippen LogP contribution in [0.25, 0.3) is 0 Å². The van der Waals surface area contributed by atoms with Crippen LogP contribution >= 0.6 is 0 Å². The first kappa shape index (κ1) is 33.7. The number of phenols is 1. The number of amides is 3. The highest BCUT2D eigenvalue weighted by Crippen LogP contribution is 2.33. The van der Waals surface area contributed by atoms with Gasteiger partial charge in [-0.3, -0.25) is 9.59 Å². The Morgan fingerprint density at radius 2 is 1.61 bits per heavy atom. The van der Waals surface area contributed by atoms with Crippen LogP contribution in [0.2, 0.25) is 0 Å². The second-order valence-corrected chi connectivity index (χ2v) is 11.5. The van der Waals surface area contributed by atoms with Gasteiger partial charge in [0.15, 0.2) is 0 Å². The summed E-state index contributed by atoms with van der Waals surface area (Å²) in [5.41, 5.74) is 1.08. The molecule has 0 aliphatic heterocycles. The molecule has 0 radical (unpaired) electrons. The molecule has 0 saturated heterocycles. The zero-order valence-electron chi connectivity index (χ0n) is 25.7. The van der Waals surface area contributed by atoms with Crippen molar-refractivity contribution in [3.63, 3.8) is 0 Å². The number of alkyl carbamates (subject to hydrolysis) is 1. The molecule has 0 aliphatic rings. The van der Waals surface area contributed by atoms with Crippen molar-refractivity contribution in [2.75, 3.05) is 13.1 Å². The molecular formula is C33H49N3O5. The lowest BCUT2D eigenvalue weighted by atomic mass is 9.97. The average molecular weight is 568 g/mol. The largest absolute Gasteiger partial charge is 0.507 e. The number of carbonyl (C=O) groups excluding carboxylic acids is 3. The molecule has 2 atom stereocenters. The standard InChI is InChI=1S/C33H49N3O5/c1-7-9-11-15-22-36(28(30(38)34-21-10-8-2)26-20-16-17-24(3)29(26)37)31(39)27(23-25-18-13-12-14-19-25)35-32(40)41-33(4,5)6/h12-14,16-20,27-28,37H,7-11,15,21-23H2,1-6H3,(H,34,38)(H,35,40). The number of carbonyl (C=O) groups is 3. The van der Waals surface area contributed by atoms with E-state index in [0.29, 0.717) is 30.6 Å². The van der Waals surface area contributed by atoms with Crippen molar-refractivity contribution in [3.8, 4) is 5.75 Å². The normalized spacial score (nSPS) is 12.7. The summed E-state index contributed by atoms with van der Waals surface area (Å²) >= 11 is 0. The third-order valence-electron chi connectivity index (χ3n) is 6.76. The summed E-state index contributed by atoms with van der Waals surface area (Å²) in [5.74, 6) is -0.791. The van der Waals surface area contributed by atoms with Crippen molar-refractivity contribution in [3.05, 3.63) is 65.2 Å². The van der Waals surface area contributed by atoms with Crippen LogP contribution in [-0.4, -0.2) is 52.6 Å². The van der Waals surface area contributed by atoms with Gasteiger partial charge in [-0.15, -0.1) is 0 Å². The Kier molecular flexibility index (Phi) is 13.7. The SMILES string of the molecule is CCCCCCN(C(=O)C(Cc1ccccc1)NC(=O)OC(C)(C)C)C(C(=O)NCCCC)c1cccc(C)c1O. The Morgan fingerprint density at radius 3 is 2.24 bits per heavy atom. The van der Waals surface area contributed by atoms with E-state index in [4.69, 9.17) is 4.74 Å². The zero-order chi connectivity index (χ0) is 30.4. The van der Waals surface area contributed by atoms with E-state index >= 15 is 0 Å². The van der Waals surface area contributed by atoms with Gasteiger partial charge in [-0.2, -0.15) is 0 Å². The molecule has 8 nitrogen and oxygen atoms in total. The van der Waals surface area contributed by atoms with Gasteiger partial charge in [-0.25, -0.2) is 4.79 Å². The van der Waals surface area contributed by atoms with Crippen molar-refractivity contribution in [2.24, 2.45) is 0 Å². The first-order valence-electron chi connectivity index (χ1n) is 14.9. The van der Waals surface area contributed by atoms with Crippen LogP contribution < -0.4 is 10.6 Å². The minimum absolute atomic E-state index is 0.0192. The number of hydrogen-bond donors (Lipinski definition) is 3. The second-order valence-electron chi connectivity index (χ2n) is 11.5. The molecule has 226 valence electrons. The summed E-state index contributed by atoms with van der Waals surface area (Å²) in [4.78, 5) is 42.7. The van der Waals surface area contributed by atoms with Crippen molar-refractivity contribution in [1.82, 2.24) is 15.5 Å². The molecule has 3 N–H and O–H groups in total. The smallest absolute Gasteiger partial charge is 0.408 e. The molecule has 0 aromatic heterocycles. The third kappa shape index (κ3) is 11.1. The molecular weight excluding hydrogens is 518 g/mol. The van der Waals surface area contributed by atoms with E-state index < -0.39 is 29.7 Å². The Morgan fingerprint density at radius 1 is 0.927 bits per heavy atom. The Bertz CT molecular complexity index is 1110. The maximum atomic E-state index is 14.5. The molecule has 0 spiro atoms. The number of aromatic hydroxyl groups is 1. The molecule has 2 unspecified atom stereocenters. The van der Waals surface area contributed by atoms with Gasteiger partial charge < -0.3 is 25.4 Å². The second kappa shape index (κ2) is 16.7. The molecule has 8 heteroatoms. The van der Waals surface area contributed by atoms with Crippen LogP contribution in [0.3, 0.4) is 0 Å². The highest BCUT2D eigenvalue weighted by Gasteiger charge is 2.37. The number of phenolic OH excluding ortho intramolecular Hbond substituents is 1. The molecule has 2 aromatic rings. The van der Waals surface area contributed by atoms with Gasteiger partial charge >= 0.3 is 6.09 Å². The summed E-state index contributed by atoms with van der Waals surface area (Å²) in [5, 5.41) is 16.8. The quantitative estimate of drug-likeness (QED) is 0.222. The number of nitrogens with zero attached hydrogens (tertiary/aromatic N) is 1. The fraction of sp³-hybridized carbons (Fsp3) is 0.545. The van der Waals surface area contributed by atoms with Crippen molar-refractivity contribution in [2.45, 2.75) is 104 Å². The number of para-hydroxylation sites is 1. The van der Waals surface area contributed by atoms with E-state index in [0.717, 1.165) is 37.7 Å². The Labute approximate surface area is 245 Å². The molecule has 0 aliphatic carbocycles. The van der Waals surface area contributed by atoms with E-state index in [1.54, 1.807) is 45.9 Å². The van der Waals surface area contributed by atoms with E-state index in [1.807, 2.05) is 37.3 Å². The monoisotopic (exact) mass is 567 g/mol. The van der Waals surface area contributed by atoms with Gasteiger partial charge in [0.25, 0.3) is 0 Å². The molecule has 41 heavy (non-hydrogen) atoms. The Balaban J connectivity index is 2.57. The summed E-state index contributed by atoms with van der Waals surface area (Å²) in [6.07, 6.45) is 4.77. The first-order valence-corrected chi connectivity index (χ1v) is 14.9. The predicted octanol–water partition coefficient (Wildman–Crippen LogP) is 6.20. The van der Waals surface area contributed by atoms with Gasteiger partial charge in [-0.05, 0) is 51.7 Å². The number of hydrogen-bond acceptors (Lipinski definition) is 5. The van der Waals surface area contributed by atoms with Crippen LogP contribution in [0.4, 0.5) is 4.79 Å². The molecule has 2 aromatic carbocycles. The van der Waals surface area contributed by atoms with Crippen LogP contribution in [0.5, 0.6) is 5.75 Å². The fourth-order valence-electron chi connectivity index (χ4n) is 4.61. The average Bonchev–Trinajstić information content (AvgIpc) is 2.91. The highest BCUT2D eigenvalue weighted by atomic mass is 16.6. The van der Waals surface area contributed by atoms with Gasteiger partial charge in [0.1, 0.15) is 23.4 Å². The van der Waals surface area contributed by atoms with E-state index in [1.165, 1.54) is 4.90 Å². The number of unbranched alkanes of at least 4 members (excludes halogenated alkanes) is 4. The van der Waals surface area contributed by atoms with Crippen LogP contribution in [0.15, 0.2) is 48.5 Å². The highest BCUT2D eigenvalue weighted by molar-refractivity contribution is 5.92. The lowest BCUT2D eigenvalue weighted by Crippen LogP contribution is -2.54. The molecule has 0 heterocycles. The number of nitrogens with one attached hydrogen (secondary N) is 2. The van der Waals surface area contributed by atoms with Gasteiger partial charge in [0.05, 0.1) is 0 Å². The number of benzene rings is 2. The van der Waals surface area contributed by atoms with E-state index in [2.05, 4.69) is 17.6 Å². The maximum Gasteiger partial charge on any atom is 0.408 e. The van der Waals surface area contributed by atoms with Crippen molar-refractivity contribution in [1.29, 1.82) is 0 Å². The Hall–Kier alpha value is -3.55. The molecule has 3 amide bonds. The first-order chi connectivity index (χ1) is 19.5. The van der Waals surface area contributed by atoms with Gasteiger partial charge in [0.2, 0.25) is 11.8 Å². The number of rotatable bonds is 15. The van der Waals surface area contributed by atoms with Crippen molar-refractivity contribution >= 4 is 17.9 Å². The third-order valence-corrected chi connectivity index (χ3v) is 6.76. The summed E-state index contributed by atoms with van der Waals surface area (Å²) in [6, 6.07) is 12.6. The van der Waals surface area contributed by atoms with Crippen molar-refractivity contribution < 1.29 is 24.2 Å². The van der Waals surface area contributed by atoms with Gasteiger partial charge in [-0.1, -0.05) is 88.1 Å². The molecule has 2 rings (SSSR count). The fourth-order valence-corrected chi connectivity index (χ4v) is 4.61. The molecule has 0 fully saturated rings. The van der Waals surface area contributed by atoms with Crippen LogP contribution in [0.1, 0.15) is 95.9 Å². The predicted molar refractivity (Wildman–Crippen MR) is 163 cm³/mol.